The third kappa shape index (κ3) is 2.26. The van der Waals surface area contributed by atoms with Crippen LogP contribution in [0.2, 0.25) is 5.02 Å². The summed E-state index contributed by atoms with van der Waals surface area (Å²) in [6.07, 6.45) is -1.26. The fraction of sp³-hybridized carbons (Fsp3) is 0.286. The molecular formula is C7H6ClF2IN2. The van der Waals surface area contributed by atoms with Crippen LogP contribution in [0, 0.1) is 3.70 Å². The van der Waals surface area contributed by atoms with Gasteiger partial charge >= 0.3 is 0 Å². The maximum Gasteiger partial charge on any atom is 0.266 e. The Morgan fingerprint density at radius 1 is 1.62 bits per heavy atom. The van der Waals surface area contributed by atoms with Gasteiger partial charge in [-0.25, -0.2) is 13.8 Å². The van der Waals surface area contributed by atoms with Crippen LogP contribution in [-0.4, -0.2) is 4.98 Å². The number of nitrogens with two attached hydrogens (primary N) is 1. The number of alkyl halides is 2. The van der Waals surface area contributed by atoms with E-state index in [1.54, 1.807) is 22.6 Å². The van der Waals surface area contributed by atoms with Crippen molar-refractivity contribution >= 4 is 34.2 Å². The lowest BCUT2D eigenvalue weighted by molar-refractivity contribution is 0.148. The molecule has 1 aromatic rings. The first kappa shape index (κ1) is 11.1. The molecule has 0 aliphatic carbocycles. The second-order valence-electron chi connectivity index (χ2n) is 2.29. The Balaban J connectivity index is 3.35. The summed E-state index contributed by atoms with van der Waals surface area (Å²) in [6, 6.07) is 0. The number of rotatable bonds is 2. The highest BCUT2D eigenvalue weighted by Crippen LogP contribution is 2.30. The van der Waals surface area contributed by atoms with Gasteiger partial charge in [-0.3, -0.25) is 0 Å². The van der Waals surface area contributed by atoms with Gasteiger partial charge in [-0.1, -0.05) is 11.6 Å². The lowest BCUT2D eigenvalue weighted by atomic mass is 10.1. The van der Waals surface area contributed by atoms with Crippen molar-refractivity contribution in [1.82, 2.24) is 4.98 Å². The quantitative estimate of drug-likeness (QED) is 0.673. The van der Waals surface area contributed by atoms with Gasteiger partial charge in [-0.05, 0) is 28.2 Å². The van der Waals surface area contributed by atoms with Gasteiger partial charge in [0.15, 0.2) is 0 Å². The highest BCUT2D eigenvalue weighted by Gasteiger charge is 2.19. The minimum Gasteiger partial charge on any atom is -0.326 e. The number of aromatic nitrogens is 1. The number of halogens is 4. The van der Waals surface area contributed by atoms with Crippen molar-refractivity contribution in [3.8, 4) is 0 Å². The van der Waals surface area contributed by atoms with Gasteiger partial charge in [-0.15, -0.1) is 0 Å². The van der Waals surface area contributed by atoms with Crippen molar-refractivity contribution in [2.24, 2.45) is 5.73 Å². The zero-order valence-electron chi connectivity index (χ0n) is 6.40. The summed E-state index contributed by atoms with van der Waals surface area (Å²) >= 11 is 7.40. The average Bonchev–Trinajstić information content (AvgIpc) is 2.07. The van der Waals surface area contributed by atoms with E-state index in [1.165, 1.54) is 6.20 Å². The van der Waals surface area contributed by atoms with E-state index in [2.05, 4.69) is 4.98 Å². The predicted molar refractivity (Wildman–Crippen MR) is 54.8 cm³/mol. The Labute approximate surface area is 92.6 Å². The highest BCUT2D eigenvalue weighted by atomic mass is 127. The predicted octanol–water partition coefficient (Wildman–Crippen LogP) is 2.74. The van der Waals surface area contributed by atoms with Crippen LogP contribution in [0.4, 0.5) is 8.78 Å². The minimum absolute atomic E-state index is 0.00295. The molecule has 0 amide bonds. The van der Waals surface area contributed by atoms with Crippen molar-refractivity contribution in [2.45, 2.75) is 13.0 Å². The lowest BCUT2D eigenvalue weighted by Crippen LogP contribution is -2.06. The topological polar surface area (TPSA) is 38.9 Å². The van der Waals surface area contributed by atoms with Gasteiger partial charge < -0.3 is 5.73 Å². The molecule has 0 fully saturated rings. The zero-order valence-corrected chi connectivity index (χ0v) is 9.31. The van der Waals surface area contributed by atoms with Gasteiger partial charge in [0.25, 0.3) is 6.43 Å². The van der Waals surface area contributed by atoms with Crippen molar-refractivity contribution in [2.75, 3.05) is 0 Å². The summed E-state index contributed by atoms with van der Waals surface area (Å²) in [4.78, 5) is 3.73. The van der Waals surface area contributed by atoms with Gasteiger partial charge in [0.05, 0.1) is 10.6 Å². The summed E-state index contributed by atoms with van der Waals surface area (Å²) in [7, 11) is 0. The van der Waals surface area contributed by atoms with E-state index >= 15 is 0 Å². The smallest absolute Gasteiger partial charge is 0.266 e. The molecule has 0 saturated heterocycles. The van der Waals surface area contributed by atoms with E-state index in [9.17, 15) is 8.78 Å². The standard InChI is InChI=1S/C7H6ClF2IN2/c8-4-2-13-7(11)5(6(9)10)3(4)1-12/h2,6H,1,12H2. The maximum absolute atomic E-state index is 12.5. The number of hydrogen-bond acceptors (Lipinski definition) is 2. The molecular weight excluding hydrogens is 312 g/mol. The van der Waals surface area contributed by atoms with Crippen LogP contribution in [0.3, 0.4) is 0 Å². The molecule has 0 unspecified atom stereocenters. The van der Waals surface area contributed by atoms with Crippen LogP contribution in [0.15, 0.2) is 6.20 Å². The maximum atomic E-state index is 12.5. The monoisotopic (exact) mass is 318 g/mol. The molecule has 0 spiro atoms. The average molecular weight is 318 g/mol. The zero-order chi connectivity index (χ0) is 10.0. The second-order valence-corrected chi connectivity index (χ2v) is 3.72. The SMILES string of the molecule is NCc1c(Cl)cnc(I)c1C(F)F. The first-order valence-corrected chi connectivity index (χ1v) is 4.84. The first-order chi connectivity index (χ1) is 6.07. The molecule has 0 radical (unpaired) electrons. The Bertz CT molecular complexity index is 320. The molecule has 1 heterocycles. The summed E-state index contributed by atoms with van der Waals surface area (Å²) in [6.45, 7) is -0.00295. The van der Waals surface area contributed by atoms with E-state index in [0.717, 1.165) is 0 Å². The first-order valence-electron chi connectivity index (χ1n) is 3.39. The van der Waals surface area contributed by atoms with Gasteiger partial charge in [0.2, 0.25) is 0 Å². The summed E-state index contributed by atoms with van der Waals surface area (Å²) in [5, 5.41) is 0.193. The van der Waals surface area contributed by atoms with Crippen LogP contribution in [0.1, 0.15) is 17.6 Å². The third-order valence-electron chi connectivity index (χ3n) is 1.55. The molecule has 2 N–H and O–H groups in total. The minimum atomic E-state index is -2.59. The largest absolute Gasteiger partial charge is 0.326 e. The molecule has 0 saturated carbocycles. The van der Waals surface area contributed by atoms with Crippen LogP contribution in [0.5, 0.6) is 0 Å². The Morgan fingerprint density at radius 2 is 2.23 bits per heavy atom. The van der Waals surface area contributed by atoms with Gasteiger partial charge in [-0.2, -0.15) is 0 Å². The Hall–Kier alpha value is -0.0100. The third-order valence-corrected chi connectivity index (χ3v) is 2.73. The molecule has 72 valence electrons. The normalized spacial score (nSPS) is 10.9. The van der Waals surface area contributed by atoms with E-state index in [4.69, 9.17) is 17.3 Å². The molecule has 13 heavy (non-hydrogen) atoms. The van der Waals surface area contributed by atoms with E-state index in [1.807, 2.05) is 0 Å². The van der Waals surface area contributed by atoms with Crippen molar-refractivity contribution in [1.29, 1.82) is 0 Å². The van der Waals surface area contributed by atoms with E-state index in [-0.39, 0.29) is 26.4 Å². The van der Waals surface area contributed by atoms with E-state index in [0.29, 0.717) is 0 Å². The van der Waals surface area contributed by atoms with Crippen molar-refractivity contribution in [3.05, 3.63) is 26.0 Å². The van der Waals surface area contributed by atoms with Crippen LogP contribution >= 0.6 is 34.2 Å². The molecule has 0 bridgehead atoms. The summed E-state index contributed by atoms with van der Waals surface area (Å²) in [5.74, 6) is 0. The summed E-state index contributed by atoms with van der Waals surface area (Å²) < 4.78 is 25.2. The molecule has 0 aromatic carbocycles. The molecule has 6 heteroatoms. The lowest BCUT2D eigenvalue weighted by Gasteiger charge is -2.09. The van der Waals surface area contributed by atoms with Crippen molar-refractivity contribution in [3.63, 3.8) is 0 Å². The molecule has 0 aliphatic rings. The fourth-order valence-electron chi connectivity index (χ4n) is 0.943. The van der Waals surface area contributed by atoms with Gasteiger partial charge in [0, 0.05) is 12.7 Å². The van der Waals surface area contributed by atoms with Crippen LogP contribution in [0.25, 0.3) is 0 Å². The van der Waals surface area contributed by atoms with E-state index < -0.39 is 6.43 Å². The summed E-state index contributed by atoms with van der Waals surface area (Å²) in [5.41, 5.74) is 5.43. The fourth-order valence-corrected chi connectivity index (χ4v) is 1.87. The number of pyridine rings is 1. The van der Waals surface area contributed by atoms with Crippen LogP contribution in [-0.2, 0) is 6.54 Å². The second kappa shape index (κ2) is 4.47. The van der Waals surface area contributed by atoms with Crippen LogP contribution < -0.4 is 5.73 Å². The molecule has 1 aromatic heterocycles. The molecule has 0 atom stereocenters. The van der Waals surface area contributed by atoms with Gasteiger partial charge in [0.1, 0.15) is 3.70 Å². The Morgan fingerprint density at radius 3 is 2.62 bits per heavy atom. The molecule has 1 rings (SSSR count). The Kier molecular flexibility index (Phi) is 3.81. The highest BCUT2D eigenvalue weighted by molar-refractivity contribution is 14.1. The molecule has 0 aliphatic heterocycles. The van der Waals surface area contributed by atoms with Crippen molar-refractivity contribution < 1.29 is 8.78 Å². The number of nitrogens with zero attached hydrogens (tertiary/aromatic N) is 1. The molecule has 2 nitrogen and oxygen atoms in total. The number of hydrogen-bond donors (Lipinski definition) is 1.